The van der Waals surface area contributed by atoms with Crippen molar-refractivity contribution in [3.8, 4) is 6.07 Å². The van der Waals surface area contributed by atoms with Crippen LogP contribution in [0.4, 0.5) is 0 Å². The van der Waals surface area contributed by atoms with Crippen molar-refractivity contribution >= 4 is 0 Å². The van der Waals surface area contributed by atoms with E-state index in [0.29, 0.717) is 18.5 Å². The lowest BCUT2D eigenvalue weighted by Crippen LogP contribution is -2.54. The molecule has 92 valence electrons. The van der Waals surface area contributed by atoms with Crippen molar-refractivity contribution in [3.05, 3.63) is 0 Å². The smallest absolute Gasteiger partial charge is 0.0638 e. The summed E-state index contributed by atoms with van der Waals surface area (Å²) in [6, 6.07) is 3.17. The van der Waals surface area contributed by atoms with Crippen molar-refractivity contribution in [2.45, 2.75) is 31.8 Å². The minimum atomic E-state index is 0.352. The standard InChI is InChI=1S/C12H24N4/c1-4-11(5-6-13)14-9-12-10-15(2)7-8-16(12)3/h11-12,14H,4-5,7-10H2,1-3H3. The molecule has 0 aromatic heterocycles. The summed E-state index contributed by atoms with van der Waals surface area (Å²) in [6.45, 7) is 6.53. The second kappa shape index (κ2) is 6.85. The minimum Gasteiger partial charge on any atom is -0.311 e. The van der Waals surface area contributed by atoms with Gasteiger partial charge in [-0.25, -0.2) is 0 Å². The van der Waals surface area contributed by atoms with Gasteiger partial charge in [0.2, 0.25) is 0 Å². The molecule has 4 nitrogen and oxygen atoms in total. The summed E-state index contributed by atoms with van der Waals surface area (Å²) < 4.78 is 0. The molecule has 2 unspecified atom stereocenters. The molecule has 0 spiro atoms. The first kappa shape index (κ1) is 13.4. The monoisotopic (exact) mass is 224 g/mol. The third kappa shape index (κ3) is 4.09. The zero-order valence-electron chi connectivity index (χ0n) is 10.7. The summed E-state index contributed by atoms with van der Waals surface area (Å²) in [4.78, 5) is 4.78. The molecule has 0 saturated carbocycles. The first-order valence-electron chi connectivity index (χ1n) is 6.16. The fourth-order valence-electron chi connectivity index (χ4n) is 2.10. The maximum Gasteiger partial charge on any atom is 0.0638 e. The summed E-state index contributed by atoms with van der Waals surface area (Å²) in [5, 5.41) is 12.2. The van der Waals surface area contributed by atoms with Crippen molar-refractivity contribution in [2.75, 3.05) is 40.3 Å². The number of piperazine rings is 1. The maximum atomic E-state index is 8.69. The van der Waals surface area contributed by atoms with Gasteiger partial charge in [-0.3, -0.25) is 4.90 Å². The van der Waals surface area contributed by atoms with Gasteiger partial charge in [-0.1, -0.05) is 6.92 Å². The van der Waals surface area contributed by atoms with Crippen molar-refractivity contribution < 1.29 is 0 Å². The van der Waals surface area contributed by atoms with Gasteiger partial charge in [0.05, 0.1) is 12.5 Å². The summed E-state index contributed by atoms with van der Waals surface area (Å²) in [7, 11) is 4.36. The molecule has 4 heteroatoms. The van der Waals surface area contributed by atoms with Crippen molar-refractivity contribution in [2.24, 2.45) is 0 Å². The second-order valence-electron chi connectivity index (χ2n) is 4.77. The van der Waals surface area contributed by atoms with E-state index in [1.165, 1.54) is 0 Å². The predicted molar refractivity (Wildman–Crippen MR) is 66.2 cm³/mol. The molecular weight excluding hydrogens is 200 g/mol. The summed E-state index contributed by atoms with van der Waals surface area (Å²) in [5.74, 6) is 0. The van der Waals surface area contributed by atoms with Gasteiger partial charge in [0, 0.05) is 38.3 Å². The highest BCUT2D eigenvalue weighted by Crippen LogP contribution is 2.06. The highest BCUT2D eigenvalue weighted by atomic mass is 15.3. The Balaban J connectivity index is 2.32. The molecule has 1 saturated heterocycles. The van der Waals surface area contributed by atoms with Crippen LogP contribution in [-0.2, 0) is 0 Å². The zero-order chi connectivity index (χ0) is 12.0. The fourth-order valence-corrected chi connectivity index (χ4v) is 2.10. The van der Waals surface area contributed by atoms with Gasteiger partial charge in [0.1, 0.15) is 0 Å². The number of likely N-dealkylation sites (N-methyl/N-ethyl adjacent to an activating group) is 2. The Hall–Kier alpha value is -0.630. The molecule has 16 heavy (non-hydrogen) atoms. The normalized spacial score (nSPS) is 25.2. The van der Waals surface area contributed by atoms with Crippen molar-refractivity contribution in [1.29, 1.82) is 5.26 Å². The molecule has 1 aliphatic rings. The van der Waals surface area contributed by atoms with E-state index >= 15 is 0 Å². The van der Waals surface area contributed by atoms with Crippen LogP contribution < -0.4 is 5.32 Å². The molecule has 0 radical (unpaired) electrons. The number of hydrogen-bond acceptors (Lipinski definition) is 4. The largest absolute Gasteiger partial charge is 0.311 e. The maximum absolute atomic E-state index is 8.69. The third-order valence-corrected chi connectivity index (χ3v) is 3.45. The van der Waals surface area contributed by atoms with Gasteiger partial charge < -0.3 is 10.2 Å². The Morgan fingerprint density at radius 1 is 1.44 bits per heavy atom. The topological polar surface area (TPSA) is 42.3 Å². The van der Waals surface area contributed by atoms with Gasteiger partial charge in [-0.2, -0.15) is 5.26 Å². The Morgan fingerprint density at radius 2 is 2.19 bits per heavy atom. The van der Waals surface area contributed by atoms with Gasteiger partial charge >= 0.3 is 0 Å². The van der Waals surface area contributed by atoms with Gasteiger partial charge in [0.15, 0.2) is 0 Å². The van der Waals surface area contributed by atoms with E-state index in [9.17, 15) is 0 Å². The molecular formula is C12H24N4. The Kier molecular flexibility index (Phi) is 5.75. The predicted octanol–water partition coefficient (Wildman–Crippen LogP) is 0.514. The molecule has 2 atom stereocenters. The van der Waals surface area contributed by atoms with Crippen LogP contribution in [-0.4, -0.2) is 62.2 Å². The van der Waals surface area contributed by atoms with Crippen LogP contribution >= 0.6 is 0 Å². The molecule has 0 bridgehead atoms. The van der Waals surface area contributed by atoms with Crippen LogP contribution in [0.25, 0.3) is 0 Å². The molecule has 1 rings (SSSR count). The van der Waals surface area contributed by atoms with Gasteiger partial charge in [0.25, 0.3) is 0 Å². The lowest BCUT2D eigenvalue weighted by molar-refractivity contribution is 0.111. The van der Waals surface area contributed by atoms with Crippen LogP contribution in [0.1, 0.15) is 19.8 Å². The van der Waals surface area contributed by atoms with E-state index in [0.717, 1.165) is 32.6 Å². The number of rotatable bonds is 5. The summed E-state index contributed by atoms with van der Waals surface area (Å²) >= 11 is 0. The van der Waals surface area contributed by atoms with Gasteiger partial charge in [-0.05, 0) is 20.5 Å². The average Bonchev–Trinajstić information content (AvgIpc) is 2.28. The summed E-state index contributed by atoms with van der Waals surface area (Å²) in [6.07, 6.45) is 1.64. The highest BCUT2D eigenvalue weighted by Gasteiger charge is 2.22. The van der Waals surface area contributed by atoms with Crippen molar-refractivity contribution in [3.63, 3.8) is 0 Å². The fraction of sp³-hybridized carbons (Fsp3) is 0.917. The molecule has 0 aromatic rings. The first-order valence-corrected chi connectivity index (χ1v) is 6.16. The number of nitrogens with zero attached hydrogens (tertiary/aromatic N) is 3. The molecule has 1 N–H and O–H groups in total. The van der Waals surface area contributed by atoms with Crippen molar-refractivity contribution in [1.82, 2.24) is 15.1 Å². The van der Waals surface area contributed by atoms with E-state index in [-0.39, 0.29) is 0 Å². The van der Waals surface area contributed by atoms with E-state index in [4.69, 9.17) is 5.26 Å². The van der Waals surface area contributed by atoms with Crippen LogP contribution in [0.5, 0.6) is 0 Å². The van der Waals surface area contributed by atoms with E-state index in [1.807, 2.05) is 0 Å². The average molecular weight is 224 g/mol. The molecule has 0 amide bonds. The molecule has 0 aliphatic carbocycles. The second-order valence-corrected chi connectivity index (χ2v) is 4.77. The molecule has 1 fully saturated rings. The molecule has 1 heterocycles. The quantitative estimate of drug-likeness (QED) is 0.739. The van der Waals surface area contributed by atoms with Crippen LogP contribution in [0, 0.1) is 11.3 Å². The van der Waals surface area contributed by atoms with Crippen LogP contribution in [0.2, 0.25) is 0 Å². The summed E-state index contributed by atoms with van der Waals surface area (Å²) in [5.41, 5.74) is 0. The first-order chi connectivity index (χ1) is 7.67. The lowest BCUT2D eigenvalue weighted by atomic mass is 10.1. The highest BCUT2D eigenvalue weighted by molar-refractivity contribution is 4.84. The van der Waals surface area contributed by atoms with Gasteiger partial charge in [-0.15, -0.1) is 0 Å². The molecule has 0 aromatic carbocycles. The molecule has 1 aliphatic heterocycles. The zero-order valence-corrected chi connectivity index (χ0v) is 10.7. The Morgan fingerprint density at radius 3 is 2.81 bits per heavy atom. The Bertz CT molecular complexity index is 236. The van der Waals surface area contributed by atoms with E-state index in [2.05, 4.69) is 42.2 Å². The number of nitrogens with one attached hydrogen (secondary N) is 1. The number of nitriles is 1. The lowest BCUT2D eigenvalue weighted by Gasteiger charge is -2.38. The Labute approximate surface area is 99.2 Å². The van der Waals surface area contributed by atoms with Crippen LogP contribution in [0.15, 0.2) is 0 Å². The number of hydrogen-bond donors (Lipinski definition) is 1. The van der Waals surface area contributed by atoms with E-state index in [1.54, 1.807) is 0 Å². The third-order valence-electron chi connectivity index (χ3n) is 3.45. The SMILES string of the molecule is CCC(CC#N)NCC1CN(C)CCN1C. The van der Waals surface area contributed by atoms with E-state index < -0.39 is 0 Å². The van der Waals surface area contributed by atoms with Crippen LogP contribution in [0.3, 0.4) is 0 Å². The minimum absolute atomic E-state index is 0.352.